The molecule has 1 aromatic carbocycles. The Hall–Kier alpha value is 0.181. The molecule has 0 bridgehead atoms. The zero-order valence-corrected chi connectivity index (χ0v) is 13.0. The van der Waals surface area contributed by atoms with E-state index in [1.807, 2.05) is 0 Å². The van der Waals surface area contributed by atoms with Crippen LogP contribution in [0.1, 0.15) is 19.4 Å². The number of benzene rings is 1. The van der Waals surface area contributed by atoms with Gasteiger partial charge in [-0.15, -0.1) is 5.46 Å². The molecule has 0 aromatic heterocycles. The minimum Gasteiger partial charge on any atom is -0.481 e. The Morgan fingerprint density at radius 2 is 1.82 bits per heavy atom. The van der Waals surface area contributed by atoms with Crippen LogP contribution in [0.3, 0.4) is 0 Å². The molecule has 0 aliphatic heterocycles. The van der Waals surface area contributed by atoms with Gasteiger partial charge in [0.1, 0.15) is 0 Å². The van der Waals surface area contributed by atoms with Gasteiger partial charge in [-0.1, -0.05) is 24.3 Å². The van der Waals surface area contributed by atoms with E-state index in [1.165, 1.54) is 26.0 Å². The number of aliphatic carboxylic acids is 1. The van der Waals surface area contributed by atoms with Crippen LogP contribution in [0.25, 0.3) is 0 Å². The van der Waals surface area contributed by atoms with E-state index in [9.17, 15) is 17.7 Å². The second-order valence-corrected chi connectivity index (χ2v) is 4.13. The molecule has 0 saturated carbocycles. The molecule has 2 nitrogen and oxygen atoms in total. The molecule has 0 atom stereocenters. The minimum atomic E-state index is -5.09. The van der Waals surface area contributed by atoms with E-state index in [4.69, 9.17) is 5.11 Å². The largest absolute Gasteiger partial charge is 1.00 e. The molecule has 7 heteroatoms. The average Bonchev–Trinajstić information content (AvgIpc) is 2.16. The number of halogens is 3. The Morgan fingerprint density at radius 3 is 2.24 bits per heavy atom. The van der Waals surface area contributed by atoms with Gasteiger partial charge in [0.25, 0.3) is 0 Å². The summed E-state index contributed by atoms with van der Waals surface area (Å²) in [6.07, 6.45) is 0. The summed E-state index contributed by atoms with van der Waals surface area (Å²) in [6, 6.07) is 4.46. The number of carboxylic acids is 1. The second kappa shape index (κ2) is 5.88. The maximum Gasteiger partial charge on any atom is 1.00 e. The van der Waals surface area contributed by atoms with Gasteiger partial charge >= 0.3 is 64.3 Å². The van der Waals surface area contributed by atoms with Crippen LogP contribution in [-0.4, -0.2) is 18.1 Å². The molecular formula is C10H11BF3KO2. The third kappa shape index (κ3) is 4.10. The van der Waals surface area contributed by atoms with Crippen LogP contribution in [0, 0.1) is 0 Å². The predicted molar refractivity (Wildman–Crippen MR) is 55.8 cm³/mol. The molecule has 0 radical (unpaired) electrons. The van der Waals surface area contributed by atoms with Gasteiger partial charge in [-0.05, 0) is 19.4 Å². The fraction of sp³-hybridized carbons (Fsp3) is 0.300. The summed E-state index contributed by atoms with van der Waals surface area (Å²) < 4.78 is 37.4. The molecule has 0 amide bonds. The monoisotopic (exact) mass is 270 g/mol. The molecular weight excluding hydrogens is 259 g/mol. The van der Waals surface area contributed by atoms with Gasteiger partial charge in [0.05, 0.1) is 5.41 Å². The molecule has 1 aromatic rings. The average molecular weight is 270 g/mol. The topological polar surface area (TPSA) is 37.3 Å². The van der Waals surface area contributed by atoms with E-state index in [2.05, 4.69) is 0 Å². The van der Waals surface area contributed by atoms with Gasteiger partial charge in [0, 0.05) is 0 Å². The van der Waals surface area contributed by atoms with Crippen molar-refractivity contribution in [3.63, 3.8) is 0 Å². The van der Waals surface area contributed by atoms with Gasteiger partial charge in [0.2, 0.25) is 0 Å². The van der Waals surface area contributed by atoms with Crippen LogP contribution in [0.15, 0.2) is 24.3 Å². The SMILES string of the molecule is CC(C)(C(=O)O)c1cccc([B-](F)(F)F)c1.[K+]. The minimum absolute atomic E-state index is 0. The smallest absolute Gasteiger partial charge is 0.481 e. The Balaban J connectivity index is 0.00000256. The van der Waals surface area contributed by atoms with E-state index in [0.717, 1.165) is 12.1 Å². The van der Waals surface area contributed by atoms with Crippen molar-refractivity contribution in [2.24, 2.45) is 0 Å². The Morgan fingerprint density at radius 1 is 1.29 bits per heavy atom. The molecule has 0 fully saturated rings. The first-order chi connectivity index (χ1) is 7.15. The summed E-state index contributed by atoms with van der Waals surface area (Å²) in [5, 5.41) is 8.91. The van der Waals surface area contributed by atoms with Crippen molar-refractivity contribution in [2.75, 3.05) is 0 Å². The molecule has 88 valence electrons. The number of carbonyl (C=O) groups is 1. The fourth-order valence-electron chi connectivity index (χ4n) is 1.25. The quantitative estimate of drug-likeness (QED) is 0.723. The Kier molecular flexibility index (Phi) is 5.94. The molecule has 17 heavy (non-hydrogen) atoms. The van der Waals surface area contributed by atoms with Crippen LogP contribution >= 0.6 is 0 Å². The summed E-state index contributed by atoms with van der Waals surface area (Å²) in [6.45, 7) is -2.35. The second-order valence-electron chi connectivity index (χ2n) is 4.13. The summed E-state index contributed by atoms with van der Waals surface area (Å²) in [5.74, 6) is -1.15. The normalized spacial score (nSPS) is 11.8. The van der Waals surface area contributed by atoms with Crippen LogP contribution in [0.5, 0.6) is 0 Å². The van der Waals surface area contributed by atoms with E-state index >= 15 is 0 Å². The maximum absolute atomic E-state index is 12.5. The van der Waals surface area contributed by atoms with Crippen molar-refractivity contribution in [1.29, 1.82) is 0 Å². The Bertz CT molecular complexity index is 418. The number of rotatable bonds is 3. The first-order valence-corrected chi connectivity index (χ1v) is 4.69. The van der Waals surface area contributed by atoms with Gasteiger partial charge < -0.3 is 18.1 Å². The van der Waals surface area contributed by atoms with Gasteiger partial charge in [-0.2, -0.15) is 0 Å². The standard InChI is InChI=1S/C10H11BF3O2.K/c1-10(2,9(15)16)7-4-3-5-8(6-7)11(12,13)14;/h3-6H,1-2H3,(H,15,16);/q-1;+1. The van der Waals surface area contributed by atoms with Gasteiger partial charge in [-0.3, -0.25) is 4.79 Å². The molecule has 0 saturated heterocycles. The zero-order chi connectivity index (χ0) is 12.6. The summed E-state index contributed by atoms with van der Waals surface area (Å²) in [4.78, 5) is 10.9. The number of carboxylic acid groups (broad SMARTS) is 1. The molecule has 0 unspecified atom stereocenters. The first-order valence-electron chi connectivity index (χ1n) is 4.69. The molecule has 0 spiro atoms. The van der Waals surface area contributed by atoms with Crippen molar-refractivity contribution in [1.82, 2.24) is 0 Å². The van der Waals surface area contributed by atoms with E-state index in [1.54, 1.807) is 0 Å². The van der Waals surface area contributed by atoms with Crippen LogP contribution in [0.4, 0.5) is 12.9 Å². The summed E-state index contributed by atoms with van der Waals surface area (Å²) in [7, 11) is 0. The molecule has 0 aliphatic rings. The zero-order valence-electron chi connectivity index (χ0n) is 9.88. The van der Waals surface area contributed by atoms with E-state index in [0.29, 0.717) is 0 Å². The summed E-state index contributed by atoms with van der Waals surface area (Å²) >= 11 is 0. The Labute approximate surface area is 140 Å². The van der Waals surface area contributed by atoms with Crippen LogP contribution in [0.2, 0.25) is 0 Å². The predicted octanol–water partition coefficient (Wildman–Crippen LogP) is -0.893. The molecule has 0 aliphatic carbocycles. The van der Waals surface area contributed by atoms with Crippen LogP contribution in [-0.2, 0) is 10.2 Å². The molecule has 1 N–H and O–H groups in total. The number of hydrogen-bond acceptors (Lipinski definition) is 1. The molecule has 0 heterocycles. The van der Waals surface area contributed by atoms with Gasteiger partial charge in [-0.25, -0.2) is 0 Å². The fourth-order valence-corrected chi connectivity index (χ4v) is 1.25. The van der Waals surface area contributed by atoms with Gasteiger partial charge in [0.15, 0.2) is 0 Å². The van der Waals surface area contributed by atoms with E-state index in [-0.39, 0.29) is 56.9 Å². The third-order valence-corrected chi connectivity index (χ3v) is 2.52. The van der Waals surface area contributed by atoms with Crippen LogP contribution < -0.4 is 56.8 Å². The third-order valence-electron chi connectivity index (χ3n) is 2.52. The van der Waals surface area contributed by atoms with Crippen molar-refractivity contribution in [3.8, 4) is 0 Å². The van der Waals surface area contributed by atoms with E-state index < -0.39 is 23.8 Å². The van der Waals surface area contributed by atoms with Crippen molar-refractivity contribution in [3.05, 3.63) is 29.8 Å². The summed E-state index contributed by atoms with van der Waals surface area (Å²) in [5.41, 5.74) is -1.94. The van der Waals surface area contributed by atoms with Crippen molar-refractivity contribution < 1.29 is 74.2 Å². The molecule has 1 rings (SSSR count). The van der Waals surface area contributed by atoms with Crippen molar-refractivity contribution in [2.45, 2.75) is 19.3 Å². The maximum atomic E-state index is 12.5. The number of hydrogen-bond donors (Lipinski definition) is 1. The van der Waals surface area contributed by atoms with Crippen molar-refractivity contribution >= 4 is 18.4 Å². The first kappa shape index (κ1) is 17.2.